The van der Waals surface area contributed by atoms with Crippen LogP contribution in [0.15, 0.2) is 12.1 Å². The van der Waals surface area contributed by atoms with Gasteiger partial charge in [0.15, 0.2) is 0 Å². The van der Waals surface area contributed by atoms with Crippen LogP contribution in [0, 0.1) is 26.2 Å². The van der Waals surface area contributed by atoms with Gasteiger partial charge in [-0.3, -0.25) is 0 Å². The molecule has 0 bridgehead atoms. The Bertz CT molecular complexity index is 453. The topological polar surface area (TPSA) is 0 Å². The predicted octanol–water partition coefficient (Wildman–Crippen LogP) is 5.47. The van der Waals surface area contributed by atoms with Crippen molar-refractivity contribution in [3.05, 3.63) is 34.4 Å². The van der Waals surface area contributed by atoms with Crippen molar-refractivity contribution in [3.63, 3.8) is 0 Å². The maximum Gasteiger partial charge on any atom is -0.00214 e. The second-order valence-corrected chi connectivity index (χ2v) is 7.10. The fourth-order valence-corrected chi connectivity index (χ4v) is 3.71. The van der Waals surface area contributed by atoms with Gasteiger partial charge in [0.2, 0.25) is 0 Å². The molecule has 2 rings (SSSR count). The first-order chi connectivity index (χ1) is 8.29. The van der Waals surface area contributed by atoms with E-state index in [4.69, 9.17) is 0 Å². The molecule has 0 saturated heterocycles. The summed E-state index contributed by atoms with van der Waals surface area (Å²) in [7, 11) is 0. The molecule has 100 valence electrons. The molecule has 0 heterocycles. The molecule has 1 atom stereocenters. The van der Waals surface area contributed by atoms with E-state index in [1.165, 1.54) is 42.4 Å². The van der Waals surface area contributed by atoms with Crippen molar-refractivity contribution in [2.75, 3.05) is 0 Å². The fraction of sp³-hybridized carbons (Fsp3) is 0.667. The third kappa shape index (κ3) is 1.90. The van der Waals surface area contributed by atoms with Crippen LogP contribution < -0.4 is 0 Å². The first-order valence-electron chi connectivity index (χ1n) is 7.37. The average molecular weight is 244 g/mol. The van der Waals surface area contributed by atoms with E-state index in [1.807, 2.05) is 0 Å². The van der Waals surface area contributed by atoms with E-state index >= 15 is 0 Å². The van der Waals surface area contributed by atoms with Crippen molar-refractivity contribution in [1.29, 1.82) is 0 Å². The monoisotopic (exact) mass is 244 g/mol. The quantitative estimate of drug-likeness (QED) is 0.614. The first kappa shape index (κ1) is 13.6. The van der Waals surface area contributed by atoms with Crippen LogP contribution in [0.5, 0.6) is 0 Å². The van der Waals surface area contributed by atoms with Gasteiger partial charge in [0.1, 0.15) is 0 Å². The lowest BCUT2D eigenvalue weighted by molar-refractivity contribution is 0.108. The molecule has 18 heavy (non-hydrogen) atoms. The number of aryl methyl sites for hydroxylation is 1. The molecule has 0 aromatic heterocycles. The van der Waals surface area contributed by atoms with Gasteiger partial charge in [-0.05, 0) is 66.7 Å². The molecule has 1 unspecified atom stereocenters. The normalized spacial score (nSPS) is 27.2. The van der Waals surface area contributed by atoms with Gasteiger partial charge < -0.3 is 0 Å². The van der Waals surface area contributed by atoms with E-state index in [1.54, 1.807) is 5.56 Å². The predicted molar refractivity (Wildman–Crippen MR) is 80.3 cm³/mol. The van der Waals surface area contributed by atoms with Crippen molar-refractivity contribution in [1.82, 2.24) is 0 Å². The van der Waals surface area contributed by atoms with E-state index in [-0.39, 0.29) is 0 Å². The van der Waals surface area contributed by atoms with Crippen LogP contribution >= 0.6 is 0 Å². The molecule has 1 fully saturated rings. The van der Waals surface area contributed by atoms with E-state index in [0.717, 1.165) is 0 Å². The van der Waals surface area contributed by atoms with E-state index in [0.29, 0.717) is 10.8 Å². The Morgan fingerprint density at radius 2 is 1.44 bits per heavy atom. The van der Waals surface area contributed by atoms with Gasteiger partial charge in [-0.2, -0.15) is 0 Å². The largest absolute Gasteiger partial charge is 0.0591 e. The first-order valence-corrected chi connectivity index (χ1v) is 7.37. The SMILES string of the molecule is Cc1ccc(C2(C)CCCCC2(C)C)c(C)c1C. The molecule has 0 aliphatic heterocycles. The highest BCUT2D eigenvalue weighted by Gasteiger charge is 2.44. The Labute approximate surface area is 113 Å². The van der Waals surface area contributed by atoms with Crippen molar-refractivity contribution >= 4 is 0 Å². The molecule has 1 aliphatic carbocycles. The molecule has 1 aliphatic rings. The summed E-state index contributed by atoms with van der Waals surface area (Å²) in [4.78, 5) is 0. The van der Waals surface area contributed by atoms with E-state index in [2.05, 4.69) is 53.7 Å². The molecule has 0 nitrogen and oxygen atoms in total. The fourth-order valence-electron chi connectivity index (χ4n) is 3.71. The van der Waals surface area contributed by atoms with Gasteiger partial charge in [0, 0.05) is 0 Å². The second kappa shape index (κ2) is 4.40. The maximum absolute atomic E-state index is 2.49. The minimum atomic E-state index is 0.341. The molecule has 1 aromatic rings. The highest BCUT2D eigenvalue weighted by atomic mass is 14.5. The van der Waals surface area contributed by atoms with Crippen LogP contribution in [-0.4, -0.2) is 0 Å². The summed E-state index contributed by atoms with van der Waals surface area (Å²) in [6, 6.07) is 4.71. The van der Waals surface area contributed by atoms with E-state index in [9.17, 15) is 0 Å². The molecular weight excluding hydrogens is 216 g/mol. The van der Waals surface area contributed by atoms with Crippen molar-refractivity contribution in [3.8, 4) is 0 Å². The summed E-state index contributed by atoms with van der Waals surface area (Å²) in [6.45, 7) is 14.2. The van der Waals surface area contributed by atoms with Crippen molar-refractivity contribution < 1.29 is 0 Å². The Hall–Kier alpha value is -0.780. The Morgan fingerprint density at radius 3 is 2.06 bits per heavy atom. The zero-order valence-electron chi connectivity index (χ0n) is 13.0. The number of rotatable bonds is 1. The second-order valence-electron chi connectivity index (χ2n) is 7.10. The van der Waals surface area contributed by atoms with Crippen LogP contribution in [0.1, 0.15) is 68.7 Å². The summed E-state index contributed by atoms with van der Waals surface area (Å²) in [5, 5.41) is 0. The van der Waals surface area contributed by atoms with Crippen molar-refractivity contribution in [2.24, 2.45) is 5.41 Å². The average Bonchev–Trinajstić information content (AvgIpc) is 2.30. The summed E-state index contributed by atoms with van der Waals surface area (Å²) < 4.78 is 0. The minimum Gasteiger partial charge on any atom is -0.0591 e. The number of benzene rings is 1. The molecule has 0 spiro atoms. The summed E-state index contributed by atoms with van der Waals surface area (Å²) in [5.41, 5.74) is 6.78. The summed E-state index contributed by atoms with van der Waals surface area (Å²) in [6.07, 6.45) is 5.47. The highest BCUT2D eigenvalue weighted by molar-refractivity contribution is 5.43. The van der Waals surface area contributed by atoms with Gasteiger partial charge in [-0.25, -0.2) is 0 Å². The molecule has 1 aromatic carbocycles. The van der Waals surface area contributed by atoms with Gasteiger partial charge in [0.05, 0.1) is 0 Å². The van der Waals surface area contributed by atoms with Crippen molar-refractivity contribution in [2.45, 2.75) is 72.6 Å². The molecule has 0 N–H and O–H groups in total. The zero-order valence-corrected chi connectivity index (χ0v) is 13.0. The lowest BCUT2D eigenvalue weighted by Gasteiger charge is -2.49. The lowest BCUT2D eigenvalue weighted by Crippen LogP contribution is -2.42. The van der Waals surface area contributed by atoms with Crippen LogP contribution in [-0.2, 0) is 5.41 Å². The third-order valence-electron chi connectivity index (χ3n) is 5.87. The molecule has 0 heteroatoms. The Kier molecular flexibility index (Phi) is 3.34. The van der Waals surface area contributed by atoms with Crippen LogP contribution in [0.25, 0.3) is 0 Å². The van der Waals surface area contributed by atoms with Gasteiger partial charge in [-0.15, -0.1) is 0 Å². The van der Waals surface area contributed by atoms with Crippen LogP contribution in [0.2, 0.25) is 0 Å². The van der Waals surface area contributed by atoms with Gasteiger partial charge in [-0.1, -0.05) is 45.7 Å². The summed E-state index contributed by atoms with van der Waals surface area (Å²) in [5.74, 6) is 0. The summed E-state index contributed by atoms with van der Waals surface area (Å²) >= 11 is 0. The van der Waals surface area contributed by atoms with Crippen LogP contribution in [0.4, 0.5) is 0 Å². The standard InChI is InChI=1S/C18H28/c1-13-9-10-16(15(3)14(13)2)18(6)12-8-7-11-17(18,4)5/h9-10H,7-8,11-12H2,1-6H3. The molecule has 0 amide bonds. The minimum absolute atomic E-state index is 0.341. The molecule has 1 saturated carbocycles. The molecular formula is C18H28. The number of hydrogen-bond donors (Lipinski definition) is 0. The maximum atomic E-state index is 2.49. The highest BCUT2D eigenvalue weighted by Crippen LogP contribution is 2.52. The van der Waals surface area contributed by atoms with Gasteiger partial charge in [0.25, 0.3) is 0 Å². The van der Waals surface area contributed by atoms with Crippen LogP contribution in [0.3, 0.4) is 0 Å². The Morgan fingerprint density at radius 1 is 0.833 bits per heavy atom. The number of hydrogen-bond acceptors (Lipinski definition) is 0. The van der Waals surface area contributed by atoms with Gasteiger partial charge >= 0.3 is 0 Å². The third-order valence-corrected chi connectivity index (χ3v) is 5.87. The lowest BCUT2D eigenvalue weighted by atomic mass is 9.55. The smallest absolute Gasteiger partial charge is 0.00214 e. The zero-order chi connectivity index (χ0) is 13.6. The Balaban J connectivity index is 2.56. The molecule has 0 radical (unpaired) electrons. The van der Waals surface area contributed by atoms with E-state index < -0.39 is 0 Å².